The SMILES string of the molecule is [CH2]Cc1ncc(Cc2ccc(OC)c(-c3cccc(C#N)c3)c2F)cn1. The van der Waals surface area contributed by atoms with Gasteiger partial charge in [0, 0.05) is 25.2 Å². The summed E-state index contributed by atoms with van der Waals surface area (Å²) in [5.41, 5.74) is 2.73. The van der Waals surface area contributed by atoms with E-state index in [-0.39, 0.29) is 5.82 Å². The maximum Gasteiger partial charge on any atom is 0.138 e. The smallest absolute Gasteiger partial charge is 0.138 e. The third-order valence-corrected chi connectivity index (χ3v) is 4.06. The highest BCUT2D eigenvalue weighted by Crippen LogP contribution is 2.35. The molecule has 0 unspecified atom stereocenters. The second kappa shape index (κ2) is 7.75. The average molecular weight is 346 g/mol. The molecule has 0 saturated heterocycles. The summed E-state index contributed by atoms with van der Waals surface area (Å²) in [6, 6.07) is 12.3. The van der Waals surface area contributed by atoms with Crippen molar-refractivity contribution in [3.05, 3.63) is 84.0 Å². The molecule has 0 spiro atoms. The van der Waals surface area contributed by atoms with Gasteiger partial charge in [-0.15, -0.1) is 0 Å². The number of halogens is 1. The minimum Gasteiger partial charge on any atom is -0.496 e. The van der Waals surface area contributed by atoms with Crippen LogP contribution in [0.1, 0.15) is 22.5 Å². The van der Waals surface area contributed by atoms with Crippen LogP contribution in [-0.4, -0.2) is 17.1 Å². The zero-order valence-corrected chi connectivity index (χ0v) is 14.4. The molecule has 2 aromatic carbocycles. The Bertz CT molecular complexity index is 962. The molecule has 3 rings (SSSR count). The van der Waals surface area contributed by atoms with Crippen LogP contribution >= 0.6 is 0 Å². The molecule has 0 aliphatic carbocycles. The molecule has 0 atom stereocenters. The summed E-state index contributed by atoms with van der Waals surface area (Å²) < 4.78 is 20.6. The quantitative estimate of drug-likeness (QED) is 0.697. The Morgan fingerprint density at radius 3 is 2.62 bits per heavy atom. The van der Waals surface area contributed by atoms with Crippen LogP contribution in [0.25, 0.3) is 11.1 Å². The maximum atomic E-state index is 15.3. The monoisotopic (exact) mass is 346 g/mol. The normalized spacial score (nSPS) is 10.4. The van der Waals surface area contributed by atoms with Gasteiger partial charge in [0.1, 0.15) is 17.4 Å². The minimum atomic E-state index is -0.374. The van der Waals surface area contributed by atoms with Gasteiger partial charge in [-0.1, -0.05) is 18.2 Å². The van der Waals surface area contributed by atoms with Gasteiger partial charge in [0.2, 0.25) is 0 Å². The van der Waals surface area contributed by atoms with Gasteiger partial charge in [-0.05, 0) is 41.8 Å². The lowest BCUT2D eigenvalue weighted by Gasteiger charge is -2.13. The zero-order valence-electron chi connectivity index (χ0n) is 14.4. The van der Waals surface area contributed by atoms with Crippen molar-refractivity contribution in [1.82, 2.24) is 9.97 Å². The molecule has 0 aliphatic rings. The number of hydrogen-bond donors (Lipinski definition) is 0. The Labute approximate surface area is 151 Å². The molecule has 129 valence electrons. The van der Waals surface area contributed by atoms with Crippen LogP contribution in [0.15, 0.2) is 48.8 Å². The maximum absolute atomic E-state index is 15.3. The first-order valence-corrected chi connectivity index (χ1v) is 8.11. The second-order valence-electron chi connectivity index (χ2n) is 5.74. The molecular formula is C21H17FN3O. The highest BCUT2D eigenvalue weighted by molar-refractivity contribution is 5.73. The number of benzene rings is 2. The van der Waals surface area contributed by atoms with Crippen LogP contribution in [-0.2, 0) is 12.8 Å². The molecular weight excluding hydrogens is 329 g/mol. The van der Waals surface area contributed by atoms with Gasteiger partial charge in [0.05, 0.1) is 24.3 Å². The minimum absolute atomic E-state index is 0.345. The van der Waals surface area contributed by atoms with E-state index < -0.39 is 0 Å². The lowest BCUT2D eigenvalue weighted by atomic mass is 9.97. The Kier molecular flexibility index (Phi) is 5.23. The molecule has 0 aliphatic heterocycles. The van der Waals surface area contributed by atoms with Crippen molar-refractivity contribution in [2.75, 3.05) is 7.11 Å². The fourth-order valence-corrected chi connectivity index (χ4v) is 2.74. The lowest BCUT2D eigenvalue weighted by Crippen LogP contribution is -2.01. The molecule has 0 N–H and O–H groups in total. The first kappa shape index (κ1) is 17.6. The number of methoxy groups -OCH3 is 1. The molecule has 0 saturated carbocycles. The fraction of sp³-hybridized carbons (Fsp3) is 0.143. The summed E-state index contributed by atoms with van der Waals surface area (Å²) in [6.07, 6.45) is 4.25. The van der Waals surface area contributed by atoms with Gasteiger partial charge in [-0.25, -0.2) is 14.4 Å². The van der Waals surface area contributed by atoms with Crippen LogP contribution in [0, 0.1) is 24.1 Å². The van der Waals surface area contributed by atoms with Crippen LogP contribution in [0.2, 0.25) is 0 Å². The molecule has 0 fully saturated rings. The summed E-state index contributed by atoms with van der Waals surface area (Å²) in [4.78, 5) is 8.41. The van der Waals surface area contributed by atoms with Crippen molar-refractivity contribution in [1.29, 1.82) is 5.26 Å². The third-order valence-electron chi connectivity index (χ3n) is 4.06. The highest BCUT2D eigenvalue weighted by atomic mass is 19.1. The molecule has 1 heterocycles. The molecule has 5 heteroatoms. The first-order valence-electron chi connectivity index (χ1n) is 8.11. The number of ether oxygens (including phenoxy) is 1. The number of aromatic nitrogens is 2. The Morgan fingerprint density at radius 1 is 1.19 bits per heavy atom. The topological polar surface area (TPSA) is 58.8 Å². The molecule has 0 amide bonds. The number of rotatable bonds is 5. The van der Waals surface area contributed by atoms with Gasteiger partial charge >= 0.3 is 0 Å². The predicted octanol–water partition coefficient (Wildman–Crippen LogP) is 4.13. The van der Waals surface area contributed by atoms with E-state index in [1.54, 1.807) is 48.8 Å². The van der Waals surface area contributed by atoms with Crippen molar-refractivity contribution in [2.45, 2.75) is 12.8 Å². The first-order chi connectivity index (χ1) is 12.7. The van der Waals surface area contributed by atoms with E-state index in [1.807, 2.05) is 0 Å². The summed E-state index contributed by atoms with van der Waals surface area (Å²) in [6.45, 7) is 3.74. The summed E-state index contributed by atoms with van der Waals surface area (Å²) in [7, 11) is 1.50. The van der Waals surface area contributed by atoms with Crippen molar-refractivity contribution in [2.24, 2.45) is 0 Å². The van der Waals surface area contributed by atoms with E-state index in [0.29, 0.717) is 46.7 Å². The van der Waals surface area contributed by atoms with Gasteiger partial charge in [-0.3, -0.25) is 0 Å². The molecule has 4 nitrogen and oxygen atoms in total. The largest absolute Gasteiger partial charge is 0.496 e. The summed E-state index contributed by atoms with van der Waals surface area (Å²) in [5, 5.41) is 9.10. The van der Waals surface area contributed by atoms with Gasteiger partial charge in [-0.2, -0.15) is 5.26 Å². The highest BCUT2D eigenvalue weighted by Gasteiger charge is 2.17. The van der Waals surface area contributed by atoms with E-state index in [2.05, 4.69) is 23.0 Å². The van der Waals surface area contributed by atoms with E-state index in [1.165, 1.54) is 7.11 Å². The van der Waals surface area contributed by atoms with E-state index in [0.717, 1.165) is 5.56 Å². The standard InChI is InChI=1S/C21H17FN3O/c1-3-19-24-12-15(13-25-19)10-17-7-8-18(26-2)20(21(17)22)16-6-4-5-14(9-16)11-23/h4-9,12-13H,1,3,10H2,2H3. The predicted molar refractivity (Wildman–Crippen MR) is 97.0 cm³/mol. The molecule has 3 aromatic rings. The molecule has 0 bridgehead atoms. The Balaban J connectivity index is 2.04. The third kappa shape index (κ3) is 3.55. The van der Waals surface area contributed by atoms with Crippen molar-refractivity contribution in [3.8, 4) is 22.9 Å². The van der Waals surface area contributed by atoms with Crippen LogP contribution in [0.5, 0.6) is 5.75 Å². The van der Waals surface area contributed by atoms with Gasteiger partial charge in [0.25, 0.3) is 0 Å². The number of nitriles is 1. The van der Waals surface area contributed by atoms with Crippen LogP contribution in [0.3, 0.4) is 0 Å². The number of nitrogens with zero attached hydrogens (tertiary/aromatic N) is 3. The molecule has 1 radical (unpaired) electrons. The fourth-order valence-electron chi connectivity index (χ4n) is 2.74. The van der Waals surface area contributed by atoms with E-state index >= 15 is 4.39 Å². The molecule has 1 aromatic heterocycles. The second-order valence-corrected chi connectivity index (χ2v) is 5.74. The molecule has 26 heavy (non-hydrogen) atoms. The van der Waals surface area contributed by atoms with Crippen LogP contribution in [0.4, 0.5) is 4.39 Å². The van der Waals surface area contributed by atoms with Gasteiger partial charge in [0.15, 0.2) is 0 Å². The Hall–Kier alpha value is -3.26. The summed E-state index contributed by atoms with van der Waals surface area (Å²) in [5.74, 6) is 0.698. The van der Waals surface area contributed by atoms with E-state index in [4.69, 9.17) is 10.00 Å². The van der Waals surface area contributed by atoms with Crippen LogP contribution < -0.4 is 4.74 Å². The number of hydrogen-bond acceptors (Lipinski definition) is 4. The zero-order chi connectivity index (χ0) is 18.5. The van der Waals surface area contributed by atoms with Crippen molar-refractivity contribution in [3.63, 3.8) is 0 Å². The van der Waals surface area contributed by atoms with Crippen molar-refractivity contribution >= 4 is 0 Å². The average Bonchev–Trinajstić information content (AvgIpc) is 2.69. The Morgan fingerprint density at radius 2 is 1.96 bits per heavy atom. The van der Waals surface area contributed by atoms with Crippen molar-refractivity contribution < 1.29 is 9.13 Å². The van der Waals surface area contributed by atoms with Gasteiger partial charge < -0.3 is 4.74 Å². The lowest BCUT2D eigenvalue weighted by molar-refractivity contribution is 0.413. The summed E-state index contributed by atoms with van der Waals surface area (Å²) >= 11 is 0. The van der Waals surface area contributed by atoms with E-state index in [9.17, 15) is 0 Å².